The Kier molecular flexibility index (Phi) is 7.07. The molecular formula is C24H29N5O2. The highest BCUT2D eigenvalue weighted by Crippen LogP contribution is 2.14. The summed E-state index contributed by atoms with van der Waals surface area (Å²) in [5.41, 5.74) is 2.16. The van der Waals surface area contributed by atoms with Crippen LogP contribution in [0.25, 0.3) is 5.69 Å². The lowest BCUT2D eigenvalue weighted by molar-refractivity contribution is 0.0583. The van der Waals surface area contributed by atoms with Crippen LogP contribution in [-0.2, 0) is 17.6 Å². The minimum Gasteiger partial charge on any atom is -0.383 e. The highest BCUT2D eigenvalue weighted by Gasteiger charge is 2.26. The molecule has 31 heavy (non-hydrogen) atoms. The lowest BCUT2D eigenvalue weighted by Crippen LogP contribution is -2.49. The Balaban J connectivity index is 1.50. The number of amides is 1. The highest BCUT2D eigenvalue weighted by atomic mass is 16.5. The van der Waals surface area contributed by atoms with Gasteiger partial charge in [0, 0.05) is 46.3 Å². The molecule has 1 fully saturated rings. The van der Waals surface area contributed by atoms with E-state index in [2.05, 4.69) is 27.1 Å². The summed E-state index contributed by atoms with van der Waals surface area (Å²) in [4.78, 5) is 22.0. The van der Waals surface area contributed by atoms with Gasteiger partial charge in [0.1, 0.15) is 5.82 Å². The molecule has 3 aromatic rings. The van der Waals surface area contributed by atoms with Gasteiger partial charge in [-0.2, -0.15) is 0 Å². The number of carbonyl (C=O) groups excluding carboxylic acids is 1. The van der Waals surface area contributed by atoms with E-state index in [0.717, 1.165) is 37.6 Å². The number of carbonyl (C=O) groups is 1. The zero-order valence-electron chi connectivity index (χ0n) is 18.0. The fraction of sp³-hybridized carbons (Fsp3) is 0.375. The number of piperazine rings is 1. The average molecular weight is 420 g/mol. The summed E-state index contributed by atoms with van der Waals surface area (Å²) < 4.78 is 6.97. The smallest absolute Gasteiger partial charge is 0.293 e. The van der Waals surface area contributed by atoms with Crippen LogP contribution in [0.2, 0.25) is 0 Å². The monoisotopic (exact) mass is 419 g/mol. The van der Waals surface area contributed by atoms with Crippen LogP contribution in [0, 0.1) is 0 Å². The Hall–Kier alpha value is -3.03. The topological polar surface area (TPSA) is 63.5 Å². The molecular weight excluding hydrogens is 390 g/mol. The molecule has 162 valence electrons. The maximum absolute atomic E-state index is 13.1. The van der Waals surface area contributed by atoms with Gasteiger partial charge >= 0.3 is 0 Å². The van der Waals surface area contributed by atoms with E-state index in [-0.39, 0.29) is 11.7 Å². The minimum atomic E-state index is -0.0953. The van der Waals surface area contributed by atoms with Crippen LogP contribution in [0.3, 0.4) is 0 Å². The molecule has 0 aliphatic carbocycles. The summed E-state index contributed by atoms with van der Waals surface area (Å²) in [6, 6.07) is 20.2. The second-order valence-electron chi connectivity index (χ2n) is 7.71. The zero-order chi connectivity index (χ0) is 21.5. The Bertz CT molecular complexity index is 966. The van der Waals surface area contributed by atoms with E-state index in [0.29, 0.717) is 26.1 Å². The van der Waals surface area contributed by atoms with Gasteiger partial charge in [0.15, 0.2) is 0 Å². The molecule has 0 unspecified atom stereocenters. The second-order valence-corrected chi connectivity index (χ2v) is 7.71. The minimum absolute atomic E-state index is 0.0953. The summed E-state index contributed by atoms with van der Waals surface area (Å²) in [5, 5.41) is 4.62. The standard InChI is InChI=1S/C24H29N5O2/c1-31-19-18-27-14-16-28(17-15-27)24(30)23-25-22(13-12-20-8-4-2-5-9-20)29(26-23)21-10-6-3-7-11-21/h2-11H,12-19H2,1H3. The lowest BCUT2D eigenvalue weighted by atomic mass is 10.1. The van der Waals surface area contributed by atoms with Gasteiger partial charge in [-0.3, -0.25) is 9.69 Å². The number of aromatic nitrogens is 3. The summed E-state index contributed by atoms with van der Waals surface area (Å²) in [6.07, 6.45) is 1.56. The number of nitrogens with zero attached hydrogens (tertiary/aromatic N) is 5. The molecule has 2 aromatic carbocycles. The van der Waals surface area contributed by atoms with Crippen LogP contribution in [0.15, 0.2) is 60.7 Å². The Morgan fingerprint density at radius 3 is 2.29 bits per heavy atom. The predicted molar refractivity (Wildman–Crippen MR) is 119 cm³/mol. The normalized spacial score (nSPS) is 14.7. The first-order valence-corrected chi connectivity index (χ1v) is 10.8. The summed E-state index contributed by atoms with van der Waals surface area (Å²) in [5.74, 6) is 0.983. The van der Waals surface area contributed by atoms with Crippen molar-refractivity contribution < 1.29 is 9.53 Å². The van der Waals surface area contributed by atoms with E-state index in [4.69, 9.17) is 4.74 Å². The van der Waals surface area contributed by atoms with Gasteiger partial charge < -0.3 is 9.64 Å². The van der Waals surface area contributed by atoms with Crippen molar-refractivity contribution in [2.24, 2.45) is 0 Å². The van der Waals surface area contributed by atoms with Crippen molar-refractivity contribution in [1.82, 2.24) is 24.6 Å². The molecule has 1 saturated heterocycles. The maximum Gasteiger partial charge on any atom is 0.293 e. The molecule has 0 spiro atoms. The van der Waals surface area contributed by atoms with Gasteiger partial charge in [-0.05, 0) is 24.1 Å². The van der Waals surface area contributed by atoms with E-state index < -0.39 is 0 Å². The number of para-hydroxylation sites is 1. The van der Waals surface area contributed by atoms with Crippen molar-refractivity contribution in [3.05, 3.63) is 77.9 Å². The van der Waals surface area contributed by atoms with E-state index in [1.165, 1.54) is 5.56 Å². The molecule has 1 aliphatic rings. The van der Waals surface area contributed by atoms with Gasteiger partial charge in [-0.15, -0.1) is 5.10 Å². The molecule has 0 radical (unpaired) electrons. The van der Waals surface area contributed by atoms with Crippen molar-refractivity contribution in [2.45, 2.75) is 12.8 Å². The molecule has 1 amide bonds. The summed E-state index contributed by atoms with van der Waals surface area (Å²) >= 11 is 0. The number of rotatable bonds is 8. The SMILES string of the molecule is COCCN1CCN(C(=O)c2nc(CCc3ccccc3)n(-c3ccccc3)n2)CC1. The Labute approximate surface area is 183 Å². The molecule has 0 atom stereocenters. The zero-order valence-corrected chi connectivity index (χ0v) is 18.0. The van der Waals surface area contributed by atoms with E-state index in [1.807, 2.05) is 58.1 Å². The Morgan fingerprint density at radius 1 is 0.935 bits per heavy atom. The fourth-order valence-corrected chi connectivity index (χ4v) is 3.81. The van der Waals surface area contributed by atoms with Gasteiger partial charge in [0.25, 0.3) is 5.91 Å². The third-order valence-corrected chi connectivity index (χ3v) is 5.62. The third kappa shape index (κ3) is 5.37. The molecule has 7 nitrogen and oxygen atoms in total. The fourth-order valence-electron chi connectivity index (χ4n) is 3.81. The first-order valence-electron chi connectivity index (χ1n) is 10.8. The van der Waals surface area contributed by atoms with E-state index in [9.17, 15) is 4.79 Å². The molecule has 7 heteroatoms. The highest BCUT2D eigenvalue weighted by molar-refractivity contribution is 5.90. The second kappa shape index (κ2) is 10.3. The van der Waals surface area contributed by atoms with Crippen LogP contribution in [0.5, 0.6) is 0 Å². The number of hydrogen-bond acceptors (Lipinski definition) is 5. The summed E-state index contributed by atoms with van der Waals surface area (Å²) in [6.45, 7) is 4.65. The number of methoxy groups -OCH3 is 1. The first kappa shape index (κ1) is 21.2. The van der Waals surface area contributed by atoms with Crippen LogP contribution < -0.4 is 0 Å². The maximum atomic E-state index is 13.1. The molecule has 2 heterocycles. The van der Waals surface area contributed by atoms with Crippen molar-refractivity contribution in [1.29, 1.82) is 0 Å². The van der Waals surface area contributed by atoms with Crippen molar-refractivity contribution in [2.75, 3.05) is 46.4 Å². The lowest BCUT2D eigenvalue weighted by Gasteiger charge is -2.33. The van der Waals surface area contributed by atoms with Crippen LogP contribution in [0.4, 0.5) is 0 Å². The van der Waals surface area contributed by atoms with Gasteiger partial charge in [-0.25, -0.2) is 9.67 Å². The van der Waals surface area contributed by atoms with Gasteiger partial charge in [0.05, 0.1) is 12.3 Å². The van der Waals surface area contributed by atoms with Crippen LogP contribution in [-0.4, -0.2) is 76.9 Å². The molecule has 0 N–H and O–H groups in total. The van der Waals surface area contributed by atoms with Crippen LogP contribution >= 0.6 is 0 Å². The van der Waals surface area contributed by atoms with Crippen molar-refractivity contribution in [3.8, 4) is 5.69 Å². The Morgan fingerprint density at radius 2 is 1.61 bits per heavy atom. The van der Waals surface area contributed by atoms with Gasteiger partial charge in [-0.1, -0.05) is 48.5 Å². The van der Waals surface area contributed by atoms with Crippen molar-refractivity contribution >= 4 is 5.91 Å². The largest absolute Gasteiger partial charge is 0.383 e. The predicted octanol–water partition coefficient (Wildman–Crippen LogP) is 2.46. The number of ether oxygens (including phenoxy) is 1. The molecule has 0 saturated carbocycles. The quantitative estimate of drug-likeness (QED) is 0.561. The first-order chi connectivity index (χ1) is 15.2. The van der Waals surface area contributed by atoms with E-state index in [1.54, 1.807) is 7.11 Å². The van der Waals surface area contributed by atoms with Crippen molar-refractivity contribution in [3.63, 3.8) is 0 Å². The molecule has 1 aliphatic heterocycles. The van der Waals surface area contributed by atoms with Gasteiger partial charge in [0.2, 0.25) is 5.82 Å². The summed E-state index contributed by atoms with van der Waals surface area (Å²) in [7, 11) is 1.71. The molecule has 0 bridgehead atoms. The number of hydrogen-bond donors (Lipinski definition) is 0. The molecule has 1 aromatic heterocycles. The van der Waals surface area contributed by atoms with E-state index >= 15 is 0 Å². The number of aryl methyl sites for hydroxylation is 2. The molecule has 4 rings (SSSR count). The number of benzene rings is 2. The van der Waals surface area contributed by atoms with Crippen LogP contribution in [0.1, 0.15) is 22.0 Å². The average Bonchev–Trinajstić information content (AvgIpc) is 3.27. The third-order valence-electron chi connectivity index (χ3n) is 5.62.